The van der Waals surface area contributed by atoms with Crippen molar-refractivity contribution >= 4 is 11.4 Å². The zero-order valence-corrected chi connectivity index (χ0v) is 20.8. The van der Waals surface area contributed by atoms with Crippen molar-refractivity contribution in [2.24, 2.45) is 5.16 Å². The van der Waals surface area contributed by atoms with Crippen molar-refractivity contribution in [3.05, 3.63) is 41.5 Å². The molecule has 0 spiro atoms. The largest absolute Gasteiger partial charge is 0.493 e. The highest BCUT2D eigenvalue weighted by molar-refractivity contribution is 5.87. The smallest absolute Gasteiger partial charge is 0.231 e. The number of hydrogen-bond donors (Lipinski definition) is 1. The van der Waals surface area contributed by atoms with E-state index in [9.17, 15) is 0 Å². The SMILES string of the molecule is COc1cc(C[C@@H]2CC(CN[C@H](C)c3ccc(N4CCCCC4)cc3)=NO2)c(OC)c2c1OCO2. The predicted octanol–water partition coefficient (Wildman–Crippen LogP) is 4.46. The van der Waals surface area contributed by atoms with Gasteiger partial charge in [-0.1, -0.05) is 17.3 Å². The Balaban J connectivity index is 1.14. The molecule has 1 saturated heterocycles. The number of nitrogens with zero attached hydrogens (tertiary/aromatic N) is 2. The minimum atomic E-state index is -0.0649. The summed E-state index contributed by atoms with van der Waals surface area (Å²) in [5.41, 5.74) is 4.57. The molecule has 0 unspecified atom stereocenters. The molecule has 1 N–H and O–H groups in total. The van der Waals surface area contributed by atoms with Crippen molar-refractivity contribution in [2.45, 2.75) is 51.2 Å². The van der Waals surface area contributed by atoms with Crippen LogP contribution in [0.15, 0.2) is 35.5 Å². The number of oxime groups is 1. The molecule has 0 saturated carbocycles. The van der Waals surface area contributed by atoms with Gasteiger partial charge in [0.15, 0.2) is 11.5 Å². The van der Waals surface area contributed by atoms with Crippen molar-refractivity contribution < 1.29 is 23.8 Å². The molecular weight excluding hydrogens is 446 g/mol. The fourth-order valence-corrected chi connectivity index (χ4v) is 5.05. The van der Waals surface area contributed by atoms with Crippen LogP contribution in [0.1, 0.15) is 49.8 Å². The maximum Gasteiger partial charge on any atom is 0.231 e. The zero-order valence-electron chi connectivity index (χ0n) is 20.8. The highest BCUT2D eigenvalue weighted by atomic mass is 16.7. The van der Waals surface area contributed by atoms with Gasteiger partial charge in [-0.25, -0.2) is 0 Å². The van der Waals surface area contributed by atoms with Crippen LogP contribution in [0.25, 0.3) is 0 Å². The normalized spacial score (nSPS) is 19.8. The van der Waals surface area contributed by atoms with Crippen LogP contribution in [0, 0.1) is 0 Å². The molecule has 2 atom stereocenters. The van der Waals surface area contributed by atoms with E-state index in [1.165, 1.54) is 43.6 Å². The number of rotatable bonds is 9. The van der Waals surface area contributed by atoms with Crippen molar-refractivity contribution in [3.63, 3.8) is 0 Å². The molecule has 0 aromatic heterocycles. The highest BCUT2D eigenvalue weighted by Gasteiger charge is 2.30. The average Bonchev–Trinajstić information content (AvgIpc) is 3.57. The van der Waals surface area contributed by atoms with Crippen molar-refractivity contribution in [2.75, 3.05) is 45.5 Å². The molecule has 0 amide bonds. The molecule has 3 heterocycles. The third-order valence-electron chi connectivity index (χ3n) is 7.03. The maximum atomic E-state index is 5.76. The van der Waals surface area contributed by atoms with E-state index in [1.54, 1.807) is 14.2 Å². The summed E-state index contributed by atoms with van der Waals surface area (Å²) in [6.07, 6.45) is 5.26. The van der Waals surface area contributed by atoms with Crippen molar-refractivity contribution in [3.8, 4) is 23.0 Å². The molecule has 2 aromatic rings. The second kappa shape index (κ2) is 10.6. The molecule has 3 aliphatic rings. The molecule has 5 rings (SSSR count). The van der Waals surface area contributed by atoms with E-state index < -0.39 is 0 Å². The van der Waals surface area contributed by atoms with Gasteiger partial charge in [0.2, 0.25) is 18.3 Å². The van der Waals surface area contributed by atoms with Gasteiger partial charge in [-0.2, -0.15) is 0 Å². The molecule has 0 radical (unpaired) electrons. The Labute approximate surface area is 207 Å². The summed E-state index contributed by atoms with van der Waals surface area (Å²) in [4.78, 5) is 8.24. The molecule has 0 bridgehead atoms. The Bertz CT molecular complexity index is 1050. The Morgan fingerprint density at radius 2 is 1.83 bits per heavy atom. The Hall–Kier alpha value is -3.13. The summed E-state index contributed by atoms with van der Waals surface area (Å²) in [6, 6.07) is 11.1. The van der Waals surface area contributed by atoms with Gasteiger partial charge in [0, 0.05) is 49.8 Å². The van der Waals surface area contributed by atoms with Gasteiger partial charge in [-0.15, -0.1) is 0 Å². The number of nitrogens with one attached hydrogen (secondary N) is 1. The van der Waals surface area contributed by atoms with E-state index >= 15 is 0 Å². The fraction of sp³-hybridized carbons (Fsp3) is 0.519. The summed E-state index contributed by atoms with van der Waals surface area (Å²) < 4.78 is 22.3. The highest BCUT2D eigenvalue weighted by Crippen LogP contribution is 2.50. The van der Waals surface area contributed by atoms with Gasteiger partial charge in [-0.05, 0) is 49.9 Å². The van der Waals surface area contributed by atoms with Gasteiger partial charge in [0.25, 0.3) is 0 Å². The monoisotopic (exact) mass is 481 g/mol. The molecule has 1 fully saturated rings. The van der Waals surface area contributed by atoms with Gasteiger partial charge < -0.3 is 34.0 Å². The first kappa shape index (κ1) is 23.6. The first-order valence-corrected chi connectivity index (χ1v) is 12.5. The Morgan fingerprint density at radius 1 is 1.06 bits per heavy atom. The van der Waals surface area contributed by atoms with Gasteiger partial charge >= 0.3 is 0 Å². The van der Waals surface area contributed by atoms with Crippen LogP contribution < -0.4 is 29.2 Å². The molecule has 2 aromatic carbocycles. The number of benzene rings is 2. The lowest BCUT2D eigenvalue weighted by Gasteiger charge is -2.29. The second-order valence-corrected chi connectivity index (χ2v) is 9.37. The lowest BCUT2D eigenvalue weighted by molar-refractivity contribution is 0.0853. The van der Waals surface area contributed by atoms with Crippen LogP contribution in [-0.2, 0) is 11.3 Å². The number of anilines is 1. The van der Waals surface area contributed by atoms with Gasteiger partial charge in [0.05, 0.1) is 19.9 Å². The van der Waals surface area contributed by atoms with Crippen LogP contribution in [0.5, 0.6) is 23.0 Å². The Morgan fingerprint density at radius 3 is 2.57 bits per heavy atom. The van der Waals surface area contributed by atoms with E-state index in [4.69, 9.17) is 23.8 Å². The van der Waals surface area contributed by atoms with E-state index in [0.29, 0.717) is 36.0 Å². The standard InChI is InChI=1S/C27H35N3O5/c1-18(19-7-9-22(10-8-19)30-11-5-4-6-12-30)28-16-21-15-23(35-29-21)13-20-14-24(31-2)26-27(25(20)32-3)34-17-33-26/h7-10,14,18,23,28H,4-6,11-13,15-17H2,1-3H3/t18-,23-/m1/s1. The third kappa shape index (κ3) is 5.12. The molecule has 0 aliphatic carbocycles. The predicted molar refractivity (Wildman–Crippen MR) is 135 cm³/mol. The van der Waals surface area contributed by atoms with E-state index in [1.807, 2.05) is 6.07 Å². The van der Waals surface area contributed by atoms with Gasteiger partial charge in [0.1, 0.15) is 6.10 Å². The average molecular weight is 482 g/mol. The topological polar surface area (TPSA) is 73.8 Å². The minimum Gasteiger partial charge on any atom is -0.493 e. The number of ether oxygens (including phenoxy) is 4. The van der Waals surface area contributed by atoms with E-state index in [0.717, 1.165) is 17.7 Å². The van der Waals surface area contributed by atoms with Crippen molar-refractivity contribution in [1.82, 2.24) is 5.32 Å². The number of methoxy groups -OCH3 is 2. The first-order chi connectivity index (χ1) is 17.2. The summed E-state index contributed by atoms with van der Waals surface area (Å²) in [5.74, 6) is 2.46. The van der Waals surface area contributed by atoms with E-state index in [-0.39, 0.29) is 18.9 Å². The zero-order chi connectivity index (χ0) is 24.2. The lowest BCUT2D eigenvalue weighted by atomic mass is 10.0. The quantitative estimate of drug-likeness (QED) is 0.567. The summed E-state index contributed by atoms with van der Waals surface area (Å²) in [5, 5.41) is 7.94. The van der Waals surface area contributed by atoms with E-state index in [2.05, 4.69) is 46.6 Å². The Kier molecular flexibility index (Phi) is 7.18. The first-order valence-electron chi connectivity index (χ1n) is 12.5. The molecule has 3 aliphatic heterocycles. The third-order valence-corrected chi connectivity index (χ3v) is 7.03. The maximum absolute atomic E-state index is 5.76. The van der Waals surface area contributed by atoms with Crippen LogP contribution in [0.3, 0.4) is 0 Å². The molecule has 35 heavy (non-hydrogen) atoms. The molecule has 8 nitrogen and oxygen atoms in total. The van der Waals surface area contributed by atoms with Crippen LogP contribution in [0.2, 0.25) is 0 Å². The molecular formula is C27H35N3O5. The summed E-state index contributed by atoms with van der Waals surface area (Å²) in [7, 11) is 3.25. The molecule has 8 heteroatoms. The second-order valence-electron chi connectivity index (χ2n) is 9.37. The van der Waals surface area contributed by atoms with Crippen LogP contribution >= 0.6 is 0 Å². The fourth-order valence-electron chi connectivity index (χ4n) is 5.05. The van der Waals surface area contributed by atoms with Crippen molar-refractivity contribution in [1.29, 1.82) is 0 Å². The number of fused-ring (bicyclic) bond motifs is 1. The van der Waals surface area contributed by atoms with Crippen LogP contribution in [-0.4, -0.2) is 52.5 Å². The number of piperidine rings is 1. The molecule has 188 valence electrons. The summed E-state index contributed by atoms with van der Waals surface area (Å²) in [6.45, 7) is 5.36. The minimum absolute atomic E-state index is 0.0649. The number of hydrogen-bond acceptors (Lipinski definition) is 8. The summed E-state index contributed by atoms with van der Waals surface area (Å²) >= 11 is 0. The lowest BCUT2D eigenvalue weighted by Crippen LogP contribution is -2.29. The van der Waals surface area contributed by atoms with Gasteiger partial charge in [-0.3, -0.25) is 0 Å². The van der Waals surface area contributed by atoms with Crippen LogP contribution in [0.4, 0.5) is 5.69 Å².